The van der Waals surface area contributed by atoms with Crippen LogP contribution in [-0.2, 0) is 27.1 Å². The minimum absolute atomic E-state index is 0.0870. The largest absolute Gasteiger partial charge is 0.494 e. The van der Waals surface area contributed by atoms with E-state index in [9.17, 15) is 9.59 Å². The Kier molecular flexibility index (Phi) is 16.5. The molecule has 1 aliphatic heterocycles. The van der Waals surface area contributed by atoms with E-state index in [1.54, 1.807) is 14.2 Å². The van der Waals surface area contributed by atoms with Crippen LogP contribution in [0.3, 0.4) is 0 Å². The van der Waals surface area contributed by atoms with Gasteiger partial charge in [-0.3, -0.25) is 9.69 Å². The Morgan fingerprint density at radius 1 is 0.920 bits per heavy atom. The highest BCUT2D eigenvalue weighted by Crippen LogP contribution is 2.30. The summed E-state index contributed by atoms with van der Waals surface area (Å²) >= 11 is 0. The first kappa shape index (κ1) is 39.2. The van der Waals surface area contributed by atoms with Crippen molar-refractivity contribution in [2.45, 2.75) is 102 Å². The lowest BCUT2D eigenvalue weighted by atomic mass is 9.91. The van der Waals surface area contributed by atoms with Gasteiger partial charge < -0.3 is 39.6 Å². The van der Waals surface area contributed by atoms with E-state index in [-0.39, 0.29) is 30.6 Å². The van der Waals surface area contributed by atoms with Crippen molar-refractivity contribution in [2.75, 3.05) is 60.2 Å². The quantitative estimate of drug-likeness (QED) is 0.166. The molecule has 1 aliphatic carbocycles. The van der Waals surface area contributed by atoms with Gasteiger partial charge in [0.2, 0.25) is 5.91 Å². The molecule has 3 atom stereocenters. The molecule has 1 saturated carbocycles. The maximum absolute atomic E-state index is 12.6. The van der Waals surface area contributed by atoms with E-state index in [0.717, 1.165) is 99.5 Å². The number of carbonyl (C=O) groups is 2. The molecule has 0 unspecified atom stereocenters. The second-order valence-electron chi connectivity index (χ2n) is 13.8. The Morgan fingerprint density at radius 2 is 1.66 bits per heavy atom. The molecule has 11 heteroatoms. The fourth-order valence-electron chi connectivity index (χ4n) is 7.02. The number of benzene rings is 2. The van der Waals surface area contributed by atoms with Crippen molar-refractivity contribution in [3.05, 3.63) is 53.6 Å². The Bertz CT molecular complexity index is 1310. The maximum atomic E-state index is 12.6. The Hall–Kier alpha value is -3.54. The van der Waals surface area contributed by atoms with E-state index in [2.05, 4.69) is 35.0 Å². The van der Waals surface area contributed by atoms with Gasteiger partial charge in [-0.2, -0.15) is 0 Å². The Labute approximate surface area is 299 Å². The zero-order valence-electron chi connectivity index (χ0n) is 30.7. The number of alkyl carbamates (subject to hydrolysis) is 1. The smallest absolute Gasteiger partial charge is 0.407 e. The monoisotopic (exact) mass is 696 g/mol. The lowest BCUT2D eigenvalue weighted by Gasteiger charge is -2.37. The average molecular weight is 697 g/mol. The summed E-state index contributed by atoms with van der Waals surface area (Å²) in [6.07, 6.45) is 9.09. The first-order chi connectivity index (χ1) is 24.2. The third-order valence-corrected chi connectivity index (χ3v) is 9.79. The number of amides is 2. The summed E-state index contributed by atoms with van der Waals surface area (Å²) in [5.74, 6) is 1.93. The molecule has 3 N–H and O–H groups in total. The highest BCUT2D eigenvalue weighted by molar-refractivity contribution is 5.76. The van der Waals surface area contributed by atoms with E-state index >= 15 is 0 Å². The van der Waals surface area contributed by atoms with Crippen LogP contribution in [0.5, 0.6) is 17.2 Å². The van der Waals surface area contributed by atoms with Crippen LogP contribution in [0.4, 0.5) is 4.79 Å². The lowest BCUT2D eigenvalue weighted by Crippen LogP contribution is -2.46. The average Bonchev–Trinajstić information content (AvgIpc) is 3.57. The fourth-order valence-corrected chi connectivity index (χ4v) is 7.02. The third kappa shape index (κ3) is 13.0. The topological polar surface area (TPSA) is 125 Å². The van der Waals surface area contributed by atoms with Crippen molar-refractivity contribution < 1.29 is 33.3 Å². The highest BCUT2D eigenvalue weighted by atomic mass is 16.6. The predicted molar refractivity (Wildman–Crippen MR) is 195 cm³/mol. The number of nitrogens with zero attached hydrogens (tertiary/aromatic N) is 2. The molecule has 0 radical (unpaired) electrons. The van der Waals surface area contributed by atoms with Gasteiger partial charge in [0.25, 0.3) is 0 Å². The van der Waals surface area contributed by atoms with Crippen molar-refractivity contribution in [3.8, 4) is 17.2 Å². The zero-order valence-corrected chi connectivity index (χ0v) is 30.7. The number of unbranched alkanes of at least 4 members (excludes halogenated alkanes) is 1. The summed E-state index contributed by atoms with van der Waals surface area (Å²) in [5, 5.41) is 2.97. The van der Waals surface area contributed by atoms with E-state index in [1.165, 1.54) is 12.8 Å². The minimum atomic E-state index is -0.338. The zero-order chi connectivity index (χ0) is 35.7. The molecule has 278 valence electrons. The molecule has 0 aromatic heterocycles. The first-order valence-electron chi connectivity index (χ1n) is 18.5. The molecule has 1 saturated heterocycles. The fraction of sp³-hybridized carbons (Fsp3) is 0.641. The SMILES string of the molecule is COc1ccc(CCO[C@@H]2CCCC[C@H]2N2CC[C@@H](OC(=O)NCCCCN(CCCOc3ccc(CC(N)=O)cc3)C(C)C)C2)cc1OC. The summed E-state index contributed by atoms with van der Waals surface area (Å²) in [5.41, 5.74) is 7.31. The number of carbonyl (C=O) groups excluding carboxylic acids is 2. The van der Waals surface area contributed by atoms with Gasteiger partial charge in [-0.05, 0) is 101 Å². The number of methoxy groups -OCH3 is 2. The molecule has 0 bridgehead atoms. The second-order valence-corrected chi connectivity index (χ2v) is 13.8. The summed E-state index contributed by atoms with van der Waals surface area (Å²) < 4.78 is 29.0. The number of likely N-dealkylation sites (tertiary alicyclic amines) is 1. The molecule has 2 fully saturated rings. The van der Waals surface area contributed by atoms with Crippen molar-refractivity contribution in [2.24, 2.45) is 5.73 Å². The molecule has 11 nitrogen and oxygen atoms in total. The van der Waals surface area contributed by atoms with E-state index in [0.29, 0.717) is 31.8 Å². The third-order valence-electron chi connectivity index (χ3n) is 9.79. The van der Waals surface area contributed by atoms with Gasteiger partial charge in [-0.25, -0.2) is 4.79 Å². The predicted octanol–water partition coefficient (Wildman–Crippen LogP) is 5.36. The number of ether oxygens (including phenoxy) is 5. The molecular weight excluding hydrogens is 636 g/mol. The van der Waals surface area contributed by atoms with Gasteiger partial charge in [0.15, 0.2) is 11.5 Å². The maximum Gasteiger partial charge on any atom is 0.407 e. The van der Waals surface area contributed by atoms with Gasteiger partial charge in [0.1, 0.15) is 11.9 Å². The lowest BCUT2D eigenvalue weighted by molar-refractivity contribution is -0.117. The molecule has 2 amide bonds. The molecule has 50 heavy (non-hydrogen) atoms. The van der Waals surface area contributed by atoms with Crippen LogP contribution in [0.15, 0.2) is 42.5 Å². The van der Waals surface area contributed by atoms with E-state index in [4.69, 9.17) is 29.4 Å². The summed E-state index contributed by atoms with van der Waals surface area (Å²) in [4.78, 5) is 28.6. The second kappa shape index (κ2) is 21.0. The Balaban J connectivity index is 1.08. The molecule has 2 aromatic carbocycles. The molecular formula is C39H60N4O7. The van der Waals surface area contributed by atoms with Crippen molar-refractivity contribution in [1.82, 2.24) is 15.1 Å². The van der Waals surface area contributed by atoms with E-state index in [1.807, 2.05) is 36.4 Å². The van der Waals surface area contributed by atoms with Crippen molar-refractivity contribution >= 4 is 12.0 Å². The standard InChI is InChI=1S/C39H60N4O7/c1-29(2)42(22-9-24-48-32-15-12-30(13-16-32)27-38(40)44)21-8-7-20-41-39(45)50-33-18-23-43(28-33)34-10-5-6-11-35(34)49-25-19-31-14-17-36(46-3)37(26-31)47-4/h12-17,26,29,33-35H,5-11,18-25,27-28H2,1-4H3,(H2,40,44)(H,41,45)/t33-,34-,35-/m1/s1. The number of nitrogens with one attached hydrogen (secondary N) is 1. The number of hydrogen-bond acceptors (Lipinski definition) is 9. The minimum Gasteiger partial charge on any atom is -0.494 e. The van der Waals surface area contributed by atoms with Crippen LogP contribution in [0, 0.1) is 0 Å². The number of hydrogen-bond donors (Lipinski definition) is 2. The molecule has 4 rings (SSSR count). The van der Waals surface area contributed by atoms with Gasteiger partial charge in [0.05, 0.1) is 40.0 Å². The number of nitrogens with two attached hydrogens (primary N) is 1. The van der Waals surface area contributed by atoms with Crippen molar-refractivity contribution in [1.29, 1.82) is 0 Å². The van der Waals surface area contributed by atoms with Crippen LogP contribution in [0.25, 0.3) is 0 Å². The van der Waals surface area contributed by atoms with Crippen LogP contribution in [-0.4, -0.2) is 106 Å². The van der Waals surface area contributed by atoms with Crippen LogP contribution in [0.2, 0.25) is 0 Å². The van der Waals surface area contributed by atoms with Crippen LogP contribution in [0.1, 0.15) is 76.3 Å². The summed E-state index contributed by atoms with van der Waals surface area (Å²) in [6, 6.07) is 14.3. The molecule has 1 heterocycles. The van der Waals surface area contributed by atoms with Gasteiger partial charge in [-0.15, -0.1) is 0 Å². The molecule has 2 aromatic rings. The number of primary amides is 1. The molecule has 2 aliphatic rings. The normalized spacial score (nSPS) is 19.4. The highest BCUT2D eigenvalue weighted by Gasteiger charge is 2.36. The van der Waals surface area contributed by atoms with Crippen LogP contribution < -0.4 is 25.3 Å². The van der Waals surface area contributed by atoms with E-state index < -0.39 is 0 Å². The van der Waals surface area contributed by atoms with Crippen LogP contribution >= 0.6 is 0 Å². The molecule has 0 spiro atoms. The van der Waals surface area contributed by atoms with Gasteiger partial charge in [0, 0.05) is 38.3 Å². The van der Waals surface area contributed by atoms with Gasteiger partial charge in [-0.1, -0.05) is 31.0 Å². The van der Waals surface area contributed by atoms with Gasteiger partial charge >= 0.3 is 6.09 Å². The van der Waals surface area contributed by atoms with Crippen molar-refractivity contribution in [3.63, 3.8) is 0 Å². The number of rotatable bonds is 21. The summed E-state index contributed by atoms with van der Waals surface area (Å²) in [6.45, 7) is 9.91. The summed E-state index contributed by atoms with van der Waals surface area (Å²) in [7, 11) is 3.30. The Morgan fingerprint density at radius 3 is 2.40 bits per heavy atom. The first-order valence-corrected chi connectivity index (χ1v) is 18.5.